The largest absolute Gasteiger partial charge is 0.444 e. The number of hydrogen-bond donors (Lipinski definition) is 3. The van der Waals surface area contributed by atoms with Gasteiger partial charge in [-0.3, -0.25) is 14.4 Å². The second-order valence-electron chi connectivity index (χ2n) is 11.0. The zero-order chi connectivity index (χ0) is 28.2. The molecule has 4 N–H and O–H groups in total. The molecule has 1 fully saturated rings. The van der Waals surface area contributed by atoms with E-state index in [1.54, 1.807) is 26.8 Å². The van der Waals surface area contributed by atoms with Crippen LogP contribution in [0.25, 0.3) is 0 Å². The minimum Gasteiger partial charge on any atom is -0.444 e. The monoisotopic (exact) mass is 522 g/mol. The summed E-state index contributed by atoms with van der Waals surface area (Å²) in [7, 11) is 0. The normalized spacial score (nSPS) is 18.1. The number of rotatable bonds is 9. The lowest BCUT2D eigenvalue weighted by atomic mass is 10.00. The number of carbonyl (C=O) groups is 4. The summed E-state index contributed by atoms with van der Waals surface area (Å²) in [5, 5.41) is 5.48. The highest BCUT2D eigenvalue weighted by molar-refractivity contribution is 6.00. The number of aryl methyl sites for hydroxylation is 2. The van der Waals surface area contributed by atoms with Crippen LogP contribution in [0.5, 0.6) is 0 Å². The van der Waals surface area contributed by atoms with Gasteiger partial charge in [0.15, 0.2) is 0 Å². The summed E-state index contributed by atoms with van der Waals surface area (Å²) in [6.07, 6.45) is -0.603. The minimum atomic E-state index is -1.30. The smallest absolute Gasteiger partial charge is 0.408 e. The molecule has 0 spiro atoms. The molecule has 3 rings (SSSR count). The van der Waals surface area contributed by atoms with Gasteiger partial charge in [-0.25, -0.2) is 4.79 Å². The molecule has 4 amide bonds. The molecule has 2 aromatic carbocycles. The van der Waals surface area contributed by atoms with Crippen LogP contribution in [0.4, 0.5) is 10.5 Å². The standard InChI is InChI=1S/C29H38N4O5/c1-17-11-13-20(14-12-17)25(26(35)31-21-10-8-7-9-18(21)2)33(23-15-19(23)3)27(36)22(16-24(30)34)32-28(37)38-29(4,5)6/h7-14,19,22-23,25H,15-16H2,1-6H3,(H2,30,34)(H,31,35)(H,32,37). The number of benzene rings is 2. The molecule has 0 aromatic heterocycles. The molecule has 0 radical (unpaired) electrons. The lowest BCUT2D eigenvalue weighted by Crippen LogP contribution is -2.54. The molecule has 9 heteroatoms. The van der Waals surface area contributed by atoms with E-state index >= 15 is 0 Å². The maximum Gasteiger partial charge on any atom is 0.408 e. The van der Waals surface area contributed by atoms with Crippen LogP contribution in [0.2, 0.25) is 0 Å². The summed E-state index contributed by atoms with van der Waals surface area (Å²) < 4.78 is 5.32. The topological polar surface area (TPSA) is 131 Å². The number of carbonyl (C=O) groups excluding carboxylic acids is 4. The van der Waals surface area contributed by atoms with Gasteiger partial charge in [-0.1, -0.05) is 55.0 Å². The van der Waals surface area contributed by atoms with Gasteiger partial charge in [-0.15, -0.1) is 0 Å². The Balaban J connectivity index is 2.03. The summed E-state index contributed by atoms with van der Waals surface area (Å²) in [5.41, 5.74) is 7.77. The van der Waals surface area contributed by atoms with Crippen molar-refractivity contribution in [1.29, 1.82) is 0 Å². The first kappa shape index (κ1) is 28.7. The summed E-state index contributed by atoms with van der Waals surface area (Å²) >= 11 is 0. The molecule has 4 unspecified atom stereocenters. The summed E-state index contributed by atoms with van der Waals surface area (Å²) in [5.74, 6) is -1.60. The third-order valence-corrected chi connectivity index (χ3v) is 6.40. The van der Waals surface area contributed by atoms with Gasteiger partial charge in [0.2, 0.25) is 11.8 Å². The molecule has 2 aromatic rings. The van der Waals surface area contributed by atoms with Crippen molar-refractivity contribution in [3.8, 4) is 0 Å². The first-order valence-electron chi connectivity index (χ1n) is 12.8. The van der Waals surface area contributed by atoms with Crippen LogP contribution in [0.1, 0.15) is 63.3 Å². The van der Waals surface area contributed by atoms with E-state index in [9.17, 15) is 19.2 Å². The number of ether oxygens (including phenoxy) is 1. The van der Waals surface area contributed by atoms with Crippen LogP contribution in [-0.4, -0.2) is 46.4 Å². The summed E-state index contributed by atoms with van der Waals surface area (Å²) in [6, 6.07) is 12.2. The lowest BCUT2D eigenvalue weighted by molar-refractivity contribution is -0.142. The molecule has 0 heterocycles. The van der Waals surface area contributed by atoms with Crippen LogP contribution in [0, 0.1) is 19.8 Å². The van der Waals surface area contributed by atoms with Gasteiger partial charge in [0, 0.05) is 11.7 Å². The Labute approximate surface area is 224 Å². The van der Waals surface area contributed by atoms with Gasteiger partial charge >= 0.3 is 6.09 Å². The fourth-order valence-electron chi connectivity index (χ4n) is 4.30. The number of hydrogen-bond acceptors (Lipinski definition) is 5. The van der Waals surface area contributed by atoms with Gasteiger partial charge in [0.25, 0.3) is 5.91 Å². The van der Waals surface area contributed by atoms with E-state index in [0.29, 0.717) is 17.7 Å². The SMILES string of the molecule is Cc1ccc(C(C(=O)Nc2ccccc2C)N(C(=O)C(CC(N)=O)NC(=O)OC(C)(C)C)C2CC2C)cc1. The molecule has 9 nitrogen and oxygen atoms in total. The molecule has 1 aliphatic rings. The summed E-state index contributed by atoms with van der Waals surface area (Å²) in [6.45, 7) is 10.9. The van der Waals surface area contributed by atoms with Crippen molar-refractivity contribution in [3.05, 3.63) is 65.2 Å². The Kier molecular flexibility index (Phi) is 8.81. The van der Waals surface area contributed by atoms with Crippen LogP contribution >= 0.6 is 0 Å². The van der Waals surface area contributed by atoms with E-state index in [0.717, 1.165) is 11.1 Å². The highest BCUT2D eigenvalue weighted by Gasteiger charge is 2.48. The molecule has 0 saturated heterocycles. The van der Waals surface area contributed by atoms with Crippen molar-refractivity contribution < 1.29 is 23.9 Å². The average molecular weight is 523 g/mol. The predicted molar refractivity (Wildman–Crippen MR) is 145 cm³/mol. The van der Waals surface area contributed by atoms with Crippen LogP contribution in [-0.2, 0) is 19.1 Å². The number of alkyl carbamates (subject to hydrolysis) is 1. The highest BCUT2D eigenvalue weighted by atomic mass is 16.6. The first-order chi connectivity index (χ1) is 17.8. The zero-order valence-electron chi connectivity index (χ0n) is 22.9. The van der Waals surface area contributed by atoms with Gasteiger partial charge in [-0.2, -0.15) is 0 Å². The second-order valence-corrected chi connectivity index (χ2v) is 11.0. The van der Waals surface area contributed by atoms with Crippen molar-refractivity contribution in [1.82, 2.24) is 10.2 Å². The van der Waals surface area contributed by atoms with Crippen molar-refractivity contribution in [2.24, 2.45) is 11.7 Å². The van der Waals surface area contributed by atoms with E-state index in [4.69, 9.17) is 10.5 Å². The van der Waals surface area contributed by atoms with Crippen LogP contribution in [0.15, 0.2) is 48.5 Å². The molecule has 0 bridgehead atoms. The van der Waals surface area contributed by atoms with E-state index < -0.39 is 47.9 Å². The Morgan fingerprint density at radius 1 is 1.05 bits per heavy atom. The second kappa shape index (κ2) is 11.7. The van der Waals surface area contributed by atoms with E-state index in [-0.39, 0.29) is 12.0 Å². The lowest BCUT2D eigenvalue weighted by Gasteiger charge is -2.35. The molecule has 0 aliphatic heterocycles. The quantitative estimate of drug-likeness (QED) is 0.458. The van der Waals surface area contributed by atoms with Crippen LogP contribution < -0.4 is 16.4 Å². The average Bonchev–Trinajstić information content (AvgIpc) is 3.53. The number of anilines is 1. The van der Waals surface area contributed by atoms with E-state index in [2.05, 4.69) is 10.6 Å². The van der Waals surface area contributed by atoms with E-state index in [1.165, 1.54) is 4.90 Å². The number of para-hydroxylation sites is 1. The van der Waals surface area contributed by atoms with Crippen molar-refractivity contribution >= 4 is 29.5 Å². The molecule has 38 heavy (non-hydrogen) atoms. The third-order valence-electron chi connectivity index (χ3n) is 6.40. The van der Waals surface area contributed by atoms with E-state index in [1.807, 2.05) is 63.2 Å². The maximum absolute atomic E-state index is 14.1. The van der Waals surface area contributed by atoms with Gasteiger partial charge in [0.1, 0.15) is 17.7 Å². The molecule has 204 valence electrons. The van der Waals surface area contributed by atoms with Gasteiger partial charge in [-0.05, 0) is 64.2 Å². The third kappa shape index (κ3) is 7.57. The molecular formula is C29H38N4O5. The number of nitrogens with two attached hydrogens (primary N) is 1. The maximum atomic E-state index is 14.1. The molecular weight excluding hydrogens is 484 g/mol. The predicted octanol–water partition coefficient (Wildman–Crippen LogP) is 3.99. The van der Waals surface area contributed by atoms with Gasteiger partial charge < -0.3 is 26.0 Å². The molecule has 1 aliphatic carbocycles. The number of amides is 4. The van der Waals surface area contributed by atoms with Crippen molar-refractivity contribution in [2.45, 2.75) is 78.1 Å². The van der Waals surface area contributed by atoms with Gasteiger partial charge in [0.05, 0.1) is 6.42 Å². The first-order valence-corrected chi connectivity index (χ1v) is 12.8. The highest BCUT2D eigenvalue weighted by Crippen LogP contribution is 2.41. The Morgan fingerprint density at radius 2 is 1.66 bits per heavy atom. The molecule has 4 atom stereocenters. The molecule has 1 saturated carbocycles. The number of primary amides is 1. The Bertz CT molecular complexity index is 1190. The fourth-order valence-corrected chi connectivity index (χ4v) is 4.30. The summed E-state index contributed by atoms with van der Waals surface area (Å²) in [4.78, 5) is 54.0. The van der Waals surface area contributed by atoms with Crippen LogP contribution in [0.3, 0.4) is 0 Å². The number of nitrogens with zero attached hydrogens (tertiary/aromatic N) is 1. The van der Waals surface area contributed by atoms with Crippen molar-refractivity contribution in [3.63, 3.8) is 0 Å². The zero-order valence-corrected chi connectivity index (χ0v) is 22.9. The fraction of sp³-hybridized carbons (Fsp3) is 0.448. The number of nitrogens with one attached hydrogen (secondary N) is 2. The Hall–Kier alpha value is -3.88. The minimum absolute atomic E-state index is 0.133. The Morgan fingerprint density at radius 3 is 2.18 bits per heavy atom. The van der Waals surface area contributed by atoms with Crippen molar-refractivity contribution in [2.75, 3.05) is 5.32 Å².